The maximum Gasteiger partial charge on any atom is 0.335 e. The van der Waals surface area contributed by atoms with E-state index in [9.17, 15) is 9.59 Å². The summed E-state index contributed by atoms with van der Waals surface area (Å²) in [5, 5.41) is 9.04. The number of amides is 1. The van der Waals surface area contributed by atoms with E-state index in [0.29, 0.717) is 11.0 Å². The van der Waals surface area contributed by atoms with Gasteiger partial charge in [-0.3, -0.25) is 4.79 Å². The molecule has 1 amide bonds. The molecule has 118 valence electrons. The van der Waals surface area contributed by atoms with Gasteiger partial charge in [0, 0.05) is 18.7 Å². The zero-order valence-electron chi connectivity index (χ0n) is 12.9. The van der Waals surface area contributed by atoms with Gasteiger partial charge in [0.15, 0.2) is 0 Å². The van der Waals surface area contributed by atoms with Crippen LogP contribution in [0.3, 0.4) is 0 Å². The summed E-state index contributed by atoms with van der Waals surface area (Å²) in [7, 11) is 0. The van der Waals surface area contributed by atoms with Crippen LogP contribution in [0.25, 0.3) is 0 Å². The number of nitrogens with zero attached hydrogens (tertiary/aromatic N) is 1. The largest absolute Gasteiger partial charge is 0.478 e. The Kier molecular flexibility index (Phi) is 4.19. The highest BCUT2D eigenvalue weighted by atomic mass is 16.4. The minimum absolute atomic E-state index is 0.0336. The molecule has 2 aliphatic rings. The number of aromatic carboxylic acids is 1. The molecule has 1 aromatic rings. The summed E-state index contributed by atoms with van der Waals surface area (Å²) in [6.45, 7) is 1.60. The monoisotopic (exact) mass is 301 g/mol. The van der Waals surface area contributed by atoms with E-state index in [1.807, 2.05) is 4.90 Å². The van der Waals surface area contributed by atoms with Crippen LogP contribution in [0.1, 0.15) is 65.7 Å². The van der Waals surface area contributed by atoms with Gasteiger partial charge in [-0.2, -0.15) is 0 Å². The average molecular weight is 301 g/mol. The van der Waals surface area contributed by atoms with E-state index < -0.39 is 5.97 Å². The molecule has 1 aliphatic carbocycles. The van der Waals surface area contributed by atoms with Gasteiger partial charge in [-0.15, -0.1) is 0 Å². The van der Waals surface area contributed by atoms with E-state index in [2.05, 4.69) is 0 Å². The van der Waals surface area contributed by atoms with E-state index >= 15 is 0 Å². The molecule has 1 N–H and O–H groups in total. The molecule has 1 saturated carbocycles. The van der Waals surface area contributed by atoms with Gasteiger partial charge in [0.25, 0.3) is 5.91 Å². The third-order valence-corrected chi connectivity index (χ3v) is 5.38. The molecule has 0 radical (unpaired) electrons. The lowest BCUT2D eigenvalue weighted by molar-refractivity contribution is 0.0472. The lowest BCUT2D eigenvalue weighted by Gasteiger charge is -2.44. The lowest BCUT2D eigenvalue weighted by atomic mass is 9.68. The van der Waals surface area contributed by atoms with E-state index in [1.165, 1.54) is 44.2 Å². The Bertz CT molecular complexity index is 565. The van der Waals surface area contributed by atoms with Crippen LogP contribution in [0.4, 0.5) is 0 Å². The maximum absolute atomic E-state index is 12.6. The van der Waals surface area contributed by atoms with Crippen LogP contribution in [-0.2, 0) is 0 Å². The second-order valence-electron chi connectivity index (χ2n) is 6.74. The summed E-state index contributed by atoms with van der Waals surface area (Å²) in [5.74, 6) is -1.02. The van der Waals surface area contributed by atoms with Crippen LogP contribution < -0.4 is 0 Å². The predicted molar refractivity (Wildman–Crippen MR) is 84.1 cm³/mol. The molecule has 2 fully saturated rings. The number of carboxylic acids is 1. The Morgan fingerprint density at radius 2 is 1.59 bits per heavy atom. The molecule has 1 heterocycles. The summed E-state index contributed by atoms with van der Waals surface area (Å²) in [6.07, 6.45) is 8.82. The van der Waals surface area contributed by atoms with Gasteiger partial charge in [0.1, 0.15) is 0 Å². The fourth-order valence-electron chi connectivity index (χ4n) is 3.95. The highest BCUT2D eigenvalue weighted by Crippen LogP contribution is 2.44. The Balaban J connectivity index is 1.67. The first kappa shape index (κ1) is 15.1. The van der Waals surface area contributed by atoms with Gasteiger partial charge in [-0.05, 0) is 49.3 Å². The number of carbonyl (C=O) groups excluding carboxylic acids is 1. The fraction of sp³-hybridized carbons (Fsp3) is 0.556. The summed E-state index contributed by atoms with van der Waals surface area (Å²) in [5.41, 5.74) is 1.13. The molecule has 1 aliphatic heterocycles. The molecule has 1 spiro atoms. The number of carboxylic acid groups (broad SMARTS) is 1. The van der Waals surface area contributed by atoms with Crippen molar-refractivity contribution in [2.45, 2.75) is 44.9 Å². The first-order valence-corrected chi connectivity index (χ1v) is 8.22. The first-order valence-electron chi connectivity index (χ1n) is 8.22. The van der Waals surface area contributed by atoms with Crippen LogP contribution in [0.2, 0.25) is 0 Å². The molecule has 4 heteroatoms. The minimum atomic E-state index is -0.991. The van der Waals surface area contributed by atoms with Gasteiger partial charge in [0.05, 0.1) is 5.56 Å². The maximum atomic E-state index is 12.6. The van der Waals surface area contributed by atoms with Gasteiger partial charge in [-0.25, -0.2) is 4.79 Å². The van der Waals surface area contributed by atoms with Crippen LogP contribution in [0, 0.1) is 5.41 Å². The van der Waals surface area contributed by atoms with E-state index in [0.717, 1.165) is 25.9 Å². The van der Waals surface area contributed by atoms with Crippen molar-refractivity contribution in [2.75, 3.05) is 13.1 Å². The number of hydrogen-bond acceptors (Lipinski definition) is 2. The number of likely N-dealkylation sites (tertiary alicyclic amines) is 1. The molecule has 1 aromatic carbocycles. The average Bonchev–Trinajstić information content (AvgIpc) is 2.56. The minimum Gasteiger partial charge on any atom is -0.478 e. The first-order chi connectivity index (χ1) is 10.6. The zero-order valence-corrected chi connectivity index (χ0v) is 12.9. The van der Waals surface area contributed by atoms with Gasteiger partial charge in [0.2, 0.25) is 0 Å². The molecule has 0 unspecified atom stereocenters. The quantitative estimate of drug-likeness (QED) is 0.908. The SMILES string of the molecule is O=C(O)c1cccc(C(=O)N2CCC3(CCCCC3)CC2)c1. The summed E-state index contributed by atoms with van der Waals surface area (Å²) in [6, 6.07) is 6.35. The van der Waals surface area contributed by atoms with E-state index in [-0.39, 0.29) is 11.5 Å². The third kappa shape index (κ3) is 3.01. The molecule has 22 heavy (non-hydrogen) atoms. The fourth-order valence-corrected chi connectivity index (χ4v) is 3.95. The highest BCUT2D eigenvalue weighted by Gasteiger charge is 2.36. The summed E-state index contributed by atoms with van der Waals surface area (Å²) < 4.78 is 0. The van der Waals surface area contributed by atoms with Crippen molar-refractivity contribution < 1.29 is 14.7 Å². The van der Waals surface area contributed by atoms with Crippen molar-refractivity contribution in [3.05, 3.63) is 35.4 Å². The Morgan fingerprint density at radius 3 is 2.23 bits per heavy atom. The molecule has 0 bridgehead atoms. The third-order valence-electron chi connectivity index (χ3n) is 5.38. The van der Waals surface area contributed by atoms with Crippen molar-refractivity contribution in [3.63, 3.8) is 0 Å². The van der Waals surface area contributed by atoms with Gasteiger partial charge >= 0.3 is 5.97 Å². The van der Waals surface area contributed by atoms with Crippen LogP contribution in [0.15, 0.2) is 24.3 Å². The second kappa shape index (κ2) is 6.11. The molecular weight excluding hydrogens is 278 g/mol. The van der Waals surface area contributed by atoms with E-state index in [4.69, 9.17) is 5.11 Å². The smallest absolute Gasteiger partial charge is 0.335 e. The molecule has 3 rings (SSSR count). The van der Waals surface area contributed by atoms with E-state index in [1.54, 1.807) is 12.1 Å². The van der Waals surface area contributed by atoms with Gasteiger partial charge < -0.3 is 10.0 Å². The Labute approximate surface area is 131 Å². The van der Waals surface area contributed by atoms with Crippen LogP contribution >= 0.6 is 0 Å². The zero-order chi connectivity index (χ0) is 15.6. The molecule has 1 saturated heterocycles. The molecule has 4 nitrogen and oxygen atoms in total. The molecule has 0 atom stereocenters. The highest BCUT2D eigenvalue weighted by molar-refractivity contribution is 5.97. The van der Waals surface area contributed by atoms with Gasteiger partial charge in [-0.1, -0.05) is 25.3 Å². The number of benzene rings is 1. The van der Waals surface area contributed by atoms with Crippen LogP contribution in [0.5, 0.6) is 0 Å². The van der Waals surface area contributed by atoms with Crippen molar-refractivity contribution in [1.82, 2.24) is 4.90 Å². The Hall–Kier alpha value is -1.84. The number of hydrogen-bond donors (Lipinski definition) is 1. The molecular formula is C18H23NO3. The summed E-state index contributed by atoms with van der Waals surface area (Å²) in [4.78, 5) is 25.5. The Morgan fingerprint density at radius 1 is 0.955 bits per heavy atom. The molecule has 0 aromatic heterocycles. The lowest BCUT2D eigenvalue weighted by Crippen LogP contribution is -2.43. The van der Waals surface area contributed by atoms with Crippen molar-refractivity contribution in [1.29, 1.82) is 0 Å². The second-order valence-corrected chi connectivity index (χ2v) is 6.74. The summed E-state index contributed by atoms with van der Waals surface area (Å²) >= 11 is 0. The number of carbonyl (C=O) groups is 2. The van der Waals surface area contributed by atoms with Crippen molar-refractivity contribution in [2.24, 2.45) is 5.41 Å². The number of rotatable bonds is 2. The predicted octanol–water partition coefficient (Wildman–Crippen LogP) is 3.57. The standard InChI is InChI=1S/C18H23NO3/c20-16(14-5-4-6-15(13-14)17(21)22)19-11-9-18(10-12-19)7-2-1-3-8-18/h4-6,13H,1-3,7-12H2,(H,21,22). The van der Waals surface area contributed by atoms with Crippen LogP contribution in [-0.4, -0.2) is 35.0 Å². The topological polar surface area (TPSA) is 57.6 Å². The van der Waals surface area contributed by atoms with Crippen molar-refractivity contribution >= 4 is 11.9 Å². The van der Waals surface area contributed by atoms with Crippen molar-refractivity contribution in [3.8, 4) is 0 Å². The normalized spacial score (nSPS) is 20.8. The number of piperidine rings is 1.